The van der Waals surface area contributed by atoms with E-state index in [2.05, 4.69) is 5.32 Å². The van der Waals surface area contributed by atoms with E-state index in [-0.39, 0.29) is 39.5 Å². The number of hydrogen-bond donors (Lipinski definition) is 1. The summed E-state index contributed by atoms with van der Waals surface area (Å²) in [5, 5.41) is 3.29. The minimum absolute atomic E-state index is 0.00186. The quantitative estimate of drug-likeness (QED) is 0.187. The fourth-order valence-corrected chi connectivity index (χ4v) is 6.78. The molecule has 7 nitrogen and oxygen atoms in total. The Morgan fingerprint density at radius 3 is 2.07 bits per heavy atom. The van der Waals surface area contributed by atoms with Crippen molar-refractivity contribution in [3.8, 4) is 0 Å². The van der Waals surface area contributed by atoms with Gasteiger partial charge in [0.25, 0.3) is 10.0 Å². The Morgan fingerprint density at radius 1 is 0.841 bits per heavy atom. The van der Waals surface area contributed by atoms with Crippen molar-refractivity contribution in [2.45, 2.75) is 44.7 Å². The van der Waals surface area contributed by atoms with Crippen LogP contribution in [0.25, 0.3) is 0 Å². The van der Waals surface area contributed by atoms with Crippen molar-refractivity contribution in [1.29, 1.82) is 0 Å². The second-order valence-corrected chi connectivity index (χ2v) is 13.2. The molecule has 2 amide bonds. The summed E-state index contributed by atoms with van der Waals surface area (Å²) in [6.45, 7) is 5.46. The molecule has 0 aliphatic heterocycles. The molecule has 0 aliphatic rings. The summed E-state index contributed by atoms with van der Waals surface area (Å²) in [7, 11) is -4.26. The number of carbonyl (C=O) groups is 2. The fraction of sp³-hybridized carbons (Fsp3) is 0.235. The molecule has 0 aliphatic carbocycles. The smallest absolute Gasteiger partial charge is 0.264 e. The first-order valence-electron chi connectivity index (χ1n) is 14.2. The largest absolute Gasteiger partial charge is 0.355 e. The van der Waals surface area contributed by atoms with Gasteiger partial charge >= 0.3 is 0 Å². The SMILES string of the molecule is CCNC(=O)[C@@H](Cc1ccccc1)N(Cc1ccccc1C)C(=O)CN(c1cc(Cl)cc(Cl)c1)S(=O)(=O)c1ccc(C)cc1. The lowest BCUT2D eigenvalue weighted by Crippen LogP contribution is -2.53. The van der Waals surface area contributed by atoms with Crippen LogP contribution in [-0.4, -0.2) is 44.3 Å². The van der Waals surface area contributed by atoms with Gasteiger partial charge in [-0.15, -0.1) is 0 Å². The number of nitrogens with zero attached hydrogens (tertiary/aromatic N) is 2. The summed E-state index contributed by atoms with van der Waals surface area (Å²) < 4.78 is 29.2. The Hall–Kier alpha value is -3.85. The highest BCUT2D eigenvalue weighted by atomic mass is 35.5. The van der Waals surface area contributed by atoms with E-state index in [1.165, 1.54) is 35.2 Å². The van der Waals surface area contributed by atoms with Crippen LogP contribution in [0.1, 0.15) is 29.2 Å². The highest BCUT2D eigenvalue weighted by Crippen LogP contribution is 2.30. The molecular formula is C34H35Cl2N3O4S. The van der Waals surface area contributed by atoms with Crippen molar-refractivity contribution in [2.75, 3.05) is 17.4 Å². The van der Waals surface area contributed by atoms with Crippen molar-refractivity contribution >= 4 is 50.7 Å². The van der Waals surface area contributed by atoms with E-state index in [9.17, 15) is 18.0 Å². The average molecular weight is 653 g/mol. The summed E-state index contributed by atoms with van der Waals surface area (Å²) in [6.07, 6.45) is 0.234. The van der Waals surface area contributed by atoms with Crippen LogP contribution in [0.4, 0.5) is 5.69 Å². The van der Waals surface area contributed by atoms with E-state index in [4.69, 9.17) is 23.2 Å². The number of benzene rings is 4. The van der Waals surface area contributed by atoms with Gasteiger partial charge in [-0.2, -0.15) is 0 Å². The zero-order chi connectivity index (χ0) is 31.9. The van der Waals surface area contributed by atoms with Crippen LogP contribution in [-0.2, 0) is 32.6 Å². The summed E-state index contributed by atoms with van der Waals surface area (Å²) in [5.74, 6) is -0.899. The first-order valence-corrected chi connectivity index (χ1v) is 16.4. The molecule has 230 valence electrons. The summed E-state index contributed by atoms with van der Waals surface area (Å²) >= 11 is 12.6. The van der Waals surface area contributed by atoms with Crippen molar-refractivity contribution in [2.24, 2.45) is 0 Å². The average Bonchev–Trinajstić information content (AvgIpc) is 2.98. The lowest BCUT2D eigenvalue weighted by atomic mass is 10.0. The second kappa shape index (κ2) is 14.8. The van der Waals surface area contributed by atoms with E-state index in [1.807, 2.05) is 75.4 Å². The Bertz CT molecular complexity index is 1690. The maximum absolute atomic E-state index is 14.5. The molecule has 0 bridgehead atoms. The number of nitrogens with one attached hydrogen (secondary N) is 1. The van der Waals surface area contributed by atoms with E-state index >= 15 is 0 Å². The van der Waals surface area contributed by atoms with Gasteiger partial charge in [0, 0.05) is 29.6 Å². The first kappa shape index (κ1) is 33.1. The molecule has 1 N–H and O–H groups in total. The predicted molar refractivity (Wildman–Crippen MR) is 177 cm³/mol. The summed E-state index contributed by atoms with van der Waals surface area (Å²) in [6, 6.07) is 26.8. The third-order valence-electron chi connectivity index (χ3n) is 7.25. The molecule has 0 heterocycles. The van der Waals surface area contributed by atoms with Crippen LogP contribution < -0.4 is 9.62 Å². The number of likely N-dealkylation sites (N-methyl/N-ethyl adjacent to an activating group) is 1. The highest BCUT2D eigenvalue weighted by Gasteiger charge is 2.35. The molecule has 4 rings (SSSR count). The predicted octanol–water partition coefficient (Wildman–Crippen LogP) is 6.58. The van der Waals surface area contributed by atoms with Gasteiger partial charge in [-0.25, -0.2) is 8.42 Å². The van der Waals surface area contributed by atoms with Gasteiger partial charge in [-0.3, -0.25) is 13.9 Å². The van der Waals surface area contributed by atoms with Crippen molar-refractivity contribution in [3.05, 3.63) is 129 Å². The number of carbonyl (C=O) groups excluding carboxylic acids is 2. The maximum atomic E-state index is 14.5. The molecule has 0 unspecified atom stereocenters. The number of hydrogen-bond acceptors (Lipinski definition) is 4. The number of amides is 2. The van der Waals surface area contributed by atoms with Gasteiger partial charge in [0.2, 0.25) is 11.8 Å². The van der Waals surface area contributed by atoms with Gasteiger partial charge in [0.15, 0.2) is 0 Å². The van der Waals surface area contributed by atoms with Gasteiger partial charge in [0.1, 0.15) is 12.6 Å². The first-order chi connectivity index (χ1) is 21.0. The Morgan fingerprint density at radius 2 is 1.45 bits per heavy atom. The zero-order valence-corrected chi connectivity index (χ0v) is 27.2. The number of sulfonamides is 1. The minimum atomic E-state index is -4.26. The molecular weight excluding hydrogens is 617 g/mol. The number of halogens is 2. The lowest BCUT2D eigenvalue weighted by molar-refractivity contribution is -0.140. The molecule has 0 saturated carbocycles. The van der Waals surface area contributed by atoms with Crippen molar-refractivity contribution in [3.63, 3.8) is 0 Å². The van der Waals surface area contributed by atoms with Crippen molar-refractivity contribution in [1.82, 2.24) is 10.2 Å². The summed E-state index contributed by atoms with van der Waals surface area (Å²) in [4.78, 5) is 29.5. The molecule has 4 aromatic rings. The minimum Gasteiger partial charge on any atom is -0.355 e. The Balaban J connectivity index is 1.83. The Labute approximate surface area is 269 Å². The van der Waals surface area contributed by atoms with E-state index < -0.39 is 28.5 Å². The topological polar surface area (TPSA) is 86.8 Å². The number of aryl methyl sites for hydroxylation is 2. The molecule has 0 aromatic heterocycles. The molecule has 4 aromatic carbocycles. The van der Waals surface area contributed by atoms with Gasteiger partial charge in [-0.05, 0) is 67.8 Å². The van der Waals surface area contributed by atoms with E-state index in [0.717, 1.165) is 26.6 Å². The molecule has 0 radical (unpaired) electrons. The monoisotopic (exact) mass is 651 g/mol. The molecule has 0 saturated heterocycles. The van der Waals surface area contributed by atoms with E-state index in [0.29, 0.717) is 6.54 Å². The second-order valence-electron chi connectivity index (χ2n) is 10.5. The van der Waals surface area contributed by atoms with E-state index in [1.54, 1.807) is 12.1 Å². The lowest BCUT2D eigenvalue weighted by Gasteiger charge is -2.34. The molecule has 10 heteroatoms. The molecule has 44 heavy (non-hydrogen) atoms. The van der Waals surface area contributed by atoms with Crippen LogP contribution in [0.3, 0.4) is 0 Å². The third kappa shape index (κ3) is 8.20. The third-order valence-corrected chi connectivity index (χ3v) is 9.47. The standard InChI is InChI=1S/C34H35Cl2N3O4S/c1-4-37-34(41)32(18-26-11-6-5-7-12-26)38(22-27-13-9-8-10-25(27)3)33(40)23-39(30-20-28(35)19-29(36)21-30)44(42,43)31-16-14-24(2)15-17-31/h5-17,19-21,32H,4,18,22-23H2,1-3H3,(H,37,41)/t32-/m1/s1. The number of rotatable bonds is 12. The molecule has 0 spiro atoms. The van der Waals surface area contributed by atoms with Crippen LogP contribution in [0.15, 0.2) is 102 Å². The van der Waals surface area contributed by atoms with Crippen molar-refractivity contribution < 1.29 is 18.0 Å². The maximum Gasteiger partial charge on any atom is 0.264 e. The van der Waals surface area contributed by atoms with Crippen LogP contribution in [0.2, 0.25) is 10.0 Å². The molecule has 0 fully saturated rings. The van der Waals surface area contributed by atoms with Crippen LogP contribution in [0.5, 0.6) is 0 Å². The zero-order valence-electron chi connectivity index (χ0n) is 24.8. The molecule has 1 atom stereocenters. The van der Waals surface area contributed by atoms with Crippen LogP contribution in [0, 0.1) is 13.8 Å². The summed E-state index contributed by atoms with van der Waals surface area (Å²) in [5.41, 5.74) is 3.64. The number of anilines is 1. The fourth-order valence-electron chi connectivity index (χ4n) is 4.87. The van der Waals surface area contributed by atoms with Gasteiger partial charge < -0.3 is 10.2 Å². The van der Waals surface area contributed by atoms with Crippen LogP contribution >= 0.6 is 23.2 Å². The highest BCUT2D eigenvalue weighted by molar-refractivity contribution is 7.92. The van der Waals surface area contributed by atoms with Gasteiger partial charge in [0.05, 0.1) is 10.6 Å². The normalized spacial score (nSPS) is 11.9. The van der Waals surface area contributed by atoms with Gasteiger partial charge in [-0.1, -0.05) is 95.5 Å². The Kier molecular flexibility index (Phi) is 11.1.